The molecular formula is C14H13ClN2O2. The Morgan fingerprint density at radius 3 is 2.63 bits per heavy atom. The number of carbonyl (C=O) groups is 2. The van der Waals surface area contributed by atoms with E-state index in [4.69, 9.17) is 11.6 Å². The number of anilines is 1. The van der Waals surface area contributed by atoms with Gasteiger partial charge >= 0.3 is 0 Å². The number of hydrogen-bond acceptors (Lipinski definition) is 2. The molecule has 98 valence electrons. The number of aromatic nitrogens is 1. The van der Waals surface area contributed by atoms with E-state index in [1.807, 2.05) is 13.0 Å². The maximum absolute atomic E-state index is 12.0. The molecule has 0 saturated heterocycles. The van der Waals surface area contributed by atoms with Gasteiger partial charge in [0.05, 0.1) is 0 Å². The summed E-state index contributed by atoms with van der Waals surface area (Å²) in [6, 6.07) is 6.80. The summed E-state index contributed by atoms with van der Waals surface area (Å²) in [5.74, 6) is -0.396. The van der Waals surface area contributed by atoms with Gasteiger partial charge in [0, 0.05) is 22.5 Å². The molecule has 1 heterocycles. The molecule has 0 aliphatic rings. The second-order valence-electron chi connectivity index (χ2n) is 4.27. The van der Waals surface area contributed by atoms with Crippen molar-refractivity contribution in [3.8, 4) is 0 Å². The first-order valence-corrected chi connectivity index (χ1v) is 6.12. The van der Waals surface area contributed by atoms with Crippen LogP contribution in [0.25, 0.3) is 0 Å². The second-order valence-corrected chi connectivity index (χ2v) is 4.71. The first-order valence-electron chi connectivity index (χ1n) is 5.74. The van der Waals surface area contributed by atoms with Crippen molar-refractivity contribution in [2.24, 2.45) is 0 Å². The average Bonchev–Trinajstić information content (AvgIpc) is 2.83. The van der Waals surface area contributed by atoms with Gasteiger partial charge < -0.3 is 10.3 Å². The number of hydrogen-bond donors (Lipinski definition) is 2. The molecule has 0 atom stereocenters. The van der Waals surface area contributed by atoms with Crippen LogP contribution in [0.5, 0.6) is 0 Å². The van der Waals surface area contributed by atoms with E-state index in [-0.39, 0.29) is 11.7 Å². The summed E-state index contributed by atoms with van der Waals surface area (Å²) in [5, 5.41) is 3.31. The van der Waals surface area contributed by atoms with Crippen molar-refractivity contribution >= 4 is 29.0 Å². The van der Waals surface area contributed by atoms with Gasteiger partial charge in [-0.3, -0.25) is 9.59 Å². The van der Waals surface area contributed by atoms with Gasteiger partial charge in [-0.15, -0.1) is 0 Å². The number of carbonyl (C=O) groups excluding carboxylic acids is 2. The van der Waals surface area contributed by atoms with Crippen LogP contribution in [0.2, 0.25) is 5.02 Å². The monoisotopic (exact) mass is 276 g/mol. The number of amides is 1. The number of ketones is 1. The Kier molecular flexibility index (Phi) is 3.71. The van der Waals surface area contributed by atoms with E-state index >= 15 is 0 Å². The van der Waals surface area contributed by atoms with Crippen LogP contribution in [0.4, 0.5) is 5.69 Å². The van der Waals surface area contributed by atoms with Crippen LogP contribution >= 0.6 is 11.6 Å². The molecule has 2 rings (SSSR count). The Hall–Kier alpha value is -2.07. The Balaban J connectivity index is 2.20. The molecule has 2 aromatic rings. The lowest BCUT2D eigenvalue weighted by Crippen LogP contribution is -2.13. The molecule has 0 spiro atoms. The van der Waals surface area contributed by atoms with Crippen LogP contribution in [0.1, 0.15) is 33.3 Å². The fourth-order valence-corrected chi connectivity index (χ4v) is 1.82. The van der Waals surface area contributed by atoms with Crippen LogP contribution in [0.3, 0.4) is 0 Å². The zero-order valence-corrected chi connectivity index (χ0v) is 11.3. The van der Waals surface area contributed by atoms with Gasteiger partial charge in [-0.05, 0) is 37.6 Å². The molecule has 0 saturated carbocycles. The lowest BCUT2D eigenvalue weighted by molar-refractivity contribution is 0.101. The lowest BCUT2D eigenvalue weighted by Gasteiger charge is -2.07. The van der Waals surface area contributed by atoms with Crippen LogP contribution in [0.15, 0.2) is 30.5 Å². The van der Waals surface area contributed by atoms with Gasteiger partial charge in [0.15, 0.2) is 5.78 Å². The van der Waals surface area contributed by atoms with E-state index < -0.39 is 0 Å². The molecule has 19 heavy (non-hydrogen) atoms. The van der Waals surface area contributed by atoms with E-state index in [0.717, 1.165) is 5.56 Å². The summed E-state index contributed by atoms with van der Waals surface area (Å²) in [6.07, 6.45) is 1.52. The number of aryl methyl sites for hydroxylation is 1. The first-order chi connectivity index (χ1) is 8.97. The van der Waals surface area contributed by atoms with E-state index in [0.29, 0.717) is 22.0 Å². The number of aromatic amines is 1. The number of Topliss-reactive ketones (excluding diaryl/α,β-unsaturated/α-hetero) is 1. The number of rotatable bonds is 3. The lowest BCUT2D eigenvalue weighted by atomic mass is 10.2. The Bertz CT molecular complexity index is 647. The molecular weight excluding hydrogens is 264 g/mol. The number of H-pyrrole nitrogens is 1. The standard InChI is InChI=1S/C14H13ClN2O2/c1-8-3-4-11(15)6-12(8)17-14(19)13-5-10(7-16-13)9(2)18/h3-7,16H,1-2H3,(H,17,19). The number of halogens is 1. The van der Waals surface area contributed by atoms with Crippen LogP contribution in [-0.2, 0) is 0 Å². The van der Waals surface area contributed by atoms with Crippen molar-refractivity contribution < 1.29 is 9.59 Å². The molecule has 2 N–H and O–H groups in total. The van der Waals surface area contributed by atoms with Crippen molar-refractivity contribution in [3.05, 3.63) is 52.3 Å². The topological polar surface area (TPSA) is 62.0 Å². The highest BCUT2D eigenvalue weighted by atomic mass is 35.5. The van der Waals surface area contributed by atoms with Crippen molar-refractivity contribution in [1.29, 1.82) is 0 Å². The van der Waals surface area contributed by atoms with Crippen LogP contribution in [-0.4, -0.2) is 16.7 Å². The predicted octanol–water partition coefficient (Wildman–Crippen LogP) is 3.43. The molecule has 0 aliphatic carbocycles. The van der Waals surface area contributed by atoms with Crippen molar-refractivity contribution in [2.75, 3.05) is 5.32 Å². The Morgan fingerprint density at radius 1 is 1.26 bits per heavy atom. The highest BCUT2D eigenvalue weighted by Crippen LogP contribution is 2.20. The largest absolute Gasteiger partial charge is 0.356 e. The summed E-state index contributed by atoms with van der Waals surface area (Å²) in [6.45, 7) is 3.33. The molecule has 0 unspecified atom stereocenters. The predicted molar refractivity (Wildman–Crippen MR) is 74.9 cm³/mol. The number of nitrogens with one attached hydrogen (secondary N) is 2. The van der Waals surface area contributed by atoms with Crippen molar-refractivity contribution in [1.82, 2.24) is 4.98 Å². The zero-order chi connectivity index (χ0) is 14.0. The van der Waals surface area contributed by atoms with Gasteiger partial charge in [-0.1, -0.05) is 17.7 Å². The summed E-state index contributed by atoms with van der Waals surface area (Å²) < 4.78 is 0. The molecule has 0 radical (unpaired) electrons. The first kappa shape index (κ1) is 13.4. The summed E-state index contributed by atoms with van der Waals surface area (Å²) >= 11 is 5.89. The van der Waals surface area contributed by atoms with Crippen molar-refractivity contribution in [3.63, 3.8) is 0 Å². The molecule has 0 fully saturated rings. The quantitative estimate of drug-likeness (QED) is 0.844. The fourth-order valence-electron chi connectivity index (χ4n) is 1.65. The SMILES string of the molecule is CC(=O)c1c[nH]c(C(=O)Nc2cc(Cl)ccc2C)c1. The van der Waals surface area contributed by atoms with Gasteiger partial charge in [0.25, 0.3) is 5.91 Å². The maximum Gasteiger partial charge on any atom is 0.272 e. The van der Waals surface area contributed by atoms with Gasteiger partial charge in [0.1, 0.15) is 5.69 Å². The van der Waals surface area contributed by atoms with E-state index in [1.54, 1.807) is 12.1 Å². The molecule has 0 aliphatic heterocycles. The molecule has 0 bridgehead atoms. The van der Waals surface area contributed by atoms with E-state index in [9.17, 15) is 9.59 Å². The van der Waals surface area contributed by atoms with E-state index in [1.165, 1.54) is 19.2 Å². The van der Waals surface area contributed by atoms with Gasteiger partial charge in [-0.2, -0.15) is 0 Å². The van der Waals surface area contributed by atoms with E-state index in [2.05, 4.69) is 10.3 Å². The second kappa shape index (κ2) is 5.28. The molecule has 4 nitrogen and oxygen atoms in total. The third-order valence-corrected chi connectivity index (χ3v) is 3.02. The smallest absolute Gasteiger partial charge is 0.272 e. The van der Waals surface area contributed by atoms with Gasteiger partial charge in [-0.25, -0.2) is 0 Å². The Labute approximate surface area is 115 Å². The Morgan fingerprint density at radius 2 is 2.00 bits per heavy atom. The summed E-state index contributed by atoms with van der Waals surface area (Å²) in [7, 11) is 0. The van der Waals surface area contributed by atoms with Gasteiger partial charge in [0.2, 0.25) is 0 Å². The summed E-state index contributed by atoms with van der Waals surface area (Å²) in [4.78, 5) is 26.0. The van der Waals surface area contributed by atoms with Crippen molar-refractivity contribution in [2.45, 2.75) is 13.8 Å². The minimum absolute atomic E-state index is 0.0887. The number of benzene rings is 1. The zero-order valence-electron chi connectivity index (χ0n) is 10.6. The molecule has 1 aromatic heterocycles. The molecule has 1 aromatic carbocycles. The minimum Gasteiger partial charge on any atom is -0.356 e. The fraction of sp³-hybridized carbons (Fsp3) is 0.143. The third-order valence-electron chi connectivity index (χ3n) is 2.78. The molecule has 5 heteroatoms. The highest BCUT2D eigenvalue weighted by molar-refractivity contribution is 6.31. The van der Waals surface area contributed by atoms with Crippen LogP contribution < -0.4 is 5.32 Å². The third kappa shape index (κ3) is 3.03. The normalized spacial score (nSPS) is 10.3. The summed E-state index contributed by atoms with van der Waals surface area (Å²) in [5.41, 5.74) is 2.38. The minimum atomic E-state index is -0.308. The van der Waals surface area contributed by atoms with Crippen LogP contribution in [0, 0.1) is 6.92 Å². The maximum atomic E-state index is 12.0. The molecule has 1 amide bonds. The average molecular weight is 277 g/mol. The highest BCUT2D eigenvalue weighted by Gasteiger charge is 2.12.